The van der Waals surface area contributed by atoms with E-state index in [0.717, 1.165) is 12.5 Å². The van der Waals surface area contributed by atoms with Crippen molar-refractivity contribution in [3.63, 3.8) is 0 Å². The first-order valence-corrected chi connectivity index (χ1v) is 9.95. The molecule has 0 saturated heterocycles. The minimum atomic E-state index is 0.619. The molecule has 1 aromatic heterocycles. The first-order chi connectivity index (χ1) is 10.4. The third-order valence-corrected chi connectivity index (χ3v) is 6.96. The van der Waals surface area contributed by atoms with Crippen LogP contribution in [0.15, 0.2) is 28.0 Å². The Morgan fingerprint density at radius 2 is 2.27 bits per heavy atom. The molecule has 3 heterocycles. The van der Waals surface area contributed by atoms with Gasteiger partial charge in [0.2, 0.25) is 0 Å². The van der Waals surface area contributed by atoms with Crippen LogP contribution in [0.5, 0.6) is 0 Å². The quantitative estimate of drug-likeness (QED) is 0.703. The summed E-state index contributed by atoms with van der Waals surface area (Å²) in [5.74, 6) is 0.753. The molecule has 1 aromatic rings. The number of thiophene rings is 1. The highest BCUT2D eigenvalue weighted by molar-refractivity contribution is 8.06. The Balaban J connectivity index is 1.82. The van der Waals surface area contributed by atoms with E-state index in [1.165, 1.54) is 30.7 Å². The van der Waals surface area contributed by atoms with Crippen molar-refractivity contribution in [3.05, 3.63) is 43.3 Å². The number of thioether (sulfide) groups is 1. The van der Waals surface area contributed by atoms with Crippen LogP contribution in [0.2, 0.25) is 0 Å². The average Bonchev–Trinajstić information content (AvgIpc) is 2.80. The molecule has 0 bridgehead atoms. The summed E-state index contributed by atoms with van der Waals surface area (Å²) >= 11 is 3.96. The first kappa shape index (κ1) is 16.4. The van der Waals surface area contributed by atoms with Gasteiger partial charge in [-0.3, -0.25) is 4.90 Å². The molecular weight excluding hydrogens is 306 g/mol. The lowest BCUT2D eigenvalue weighted by Crippen LogP contribution is -2.43. The SMILES string of the molecule is C=C(C)SC1=C(C)[C@@H]2Cc3sc(CC(C)C)cc3CN2CC1. The predicted octanol–water partition coefficient (Wildman–Crippen LogP) is 5.62. The lowest BCUT2D eigenvalue weighted by molar-refractivity contribution is 0.189. The van der Waals surface area contributed by atoms with E-state index in [2.05, 4.69) is 56.6 Å². The van der Waals surface area contributed by atoms with Crippen LogP contribution in [0.4, 0.5) is 0 Å². The van der Waals surface area contributed by atoms with E-state index < -0.39 is 0 Å². The second-order valence-corrected chi connectivity index (χ2v) is 9.72. The zero-order valence-electron chi connectivity index (χ0n) is 14.2. The largest absolute Gasteiger partial charge is 0.292 e. The summed E-state index contributed by atoms with van der Waals surface area (Å²) in [4.78, 5) is 8.69. The first-order valence-electron chi connectivity index (χ1n) is 8.31. The summed E-state index contributed by atoms with van der Waals surface area (Å²) in [6.07, 6.45) is 3.64. The molecule has 2 aliphatic heterocycles. The third-order valence-electron chi connectivity index (χ3n) is 4.61. The highest BCUT2D eigenvalue weighted by atomic mass is 32.2. The Hall–Kier alpha value is -0.510. The Labute approximate surface area is 143 Å². The van der Waals surface area contributed by atoms with E-state index >= 15 is 0 Å². The van der Waals surface area contributed by atoms with Gasteiger partial charge in [0.15, 0.2) is 0 Å². The molecule has 1 nitrogen and oxygen atoms in total. The van der Waals surface area contributed by atoms with Crippen LogP contribution in [0.25, 0.3) is 0 Å². The molecule has 0 amide bonds. The Bertz CT molecular complexity index is 609. The molecule has 0 N–H and O–H groups in total. The van der Waals surface area contributed by atoms with Crippen LogP contribution >= 0.6 is 23.1 Å². The van der Waals surface area contributed by atoms with Gasteiger partial charge in [-0.2, -0.15) is 0 Å². The van der Waals surface area contributed by atoms with Crippen LogP contribution in [0.3, 0.4) is 0 Å². The van der Waals surface area contributed by atoms with Gasteiger partial charge in [0.25, 0.3) is 0 Å². The van der Waals surface area contributed by atoms with Gasteiger partial charge in [0.1, 0.15) is 0 Å². The fraction of sp³-hybridized carbons (Fsp3) is 0.579. The number of fused-ring (bicyclic) bond motifs is 2. The number of hydrogen-bond acceptors (Lipinski definition) is 3. The lowest BCUT2D eigenvalue weighted by atomic mass is 9.92. The zero-order chi connectivity index (χ0) is 15.9. The molecule has 120 valence electrons. The van der Waals surface area contributed by atoms with E-state index in [9.17, 15) is 0 Å². The highest BCUT2D eigenvalue weighted by Gasteiger charge is 2.33. The molecular formula is C19H27NS2. The van der Waals surface area contributed by atoms with Crippen LogP contribution in [0.1, 0.15) is 49.4 Å². The maximum atomic E-state index is 4.07. The van der Waals surface area contributed by atoms with E-state index in [1.54, 1.807) is 25.8 Å². The monoisotopic (exact) mass is 333 g/mol. The van der Waals surface area contributed by atoms with Crippen LogP contribution < -0.4 is 0 Å². The second kappa shape index (κ2) is 6.54. The van der Waals surface area contributed by atoms with Gasteiger partial charge in [-0.1, -0.05) is 32.2 Å². The van der Waals surface area contributed by atoms with Crippen molar-refractivity contribution in [2.45, 2.75) is 59.5 Å². The average molecular weight is 334 g/mol. The molecule has 0 spiro atoms. The van der Waals surface area contributed by atoms with Crippen molar-refractivity contribution in [1.82, 2.24) is 4.90 Å². The molecule has 3 heteroatoms. The molecule has 0 radical (unpaired) electrons. The maximum absolute atomic E-state index is 4.07. The zero-order valence-corrected chi connectivity index (χ0v) is 15.9. The Morgan fingerprint density at radius 3 is 2.95 bits per heavy atom. The lowest BCUT2D eigenvalue weighted by Gasteiger charge is -2.40. The maximum Gasteiger partial charge on any atom is 0.0367 e. The molecule has 0 saturated carbocycles. The fourth-order valence-electron chi connectivity index (χ4n) is 3.60. The normalized spacial score (nSPS) is 22.0. The van der Waals surface area contributed by atoms with E-state index in [4.69, 9.17) is 0 Å². The smallest absolute Gasteiger partial charge is 0.0367 e. The molecule has 0 aromatic carbocycles. The minimum absolute atomic E-state index is 0.619. The van der Waals surface area contributed by atoms with Gasteiger partial charge in [0, 0.05) is 35.3 Å². The number of rotatable bonds is 4. The van der Waals surface area contributed by atoms with Crippen LogP contribution in [-0.2, 0) is 19.4 Å². The van der Waals surface area contributed by atoms with Crippen molar-refractivity contribution in [2.75, 3.05) is 6.54 Å². The highest BCUT2D eigenvalue weighted by Crippen LogP contribution is 2.41. The minimum Gasteiger partial charge on any atom is -0.292 e. The van der Waals surface area contributed by atoms with Gasteiger partial charge in [-0.15, -0.1) is 11.3 Å². The third kappa shape index (κ3) is 3.37. The molecule has 0 fully saturated rings. The van der Waals surface area contributed by atoms with Gasteiger partial charge in [-0.25, -0.2) is 0 Å². The molecule has 3 rings (SSSR count). The second-order valence-electron chi connectivity index (χ2n) is 7.11. The molecule has 0 unspecified atom stereocenters. The van der Waals surface area contributed by atoms with Crippen molar-refractivity contribution < 1.29 is 0 Å². The van der Waals surface area contributed by atoms with E-state index in [-0.39, 0.29) is 0 Å². The van der Waals surface area contributed by atoms with Gasteiger partial charge in [-0.05, 0) is 59.6 Å². The summed E-state index contributed by atoms with van der Waals surface area (Å²) < 4.78 is 0. The van der Waals surface area contributed by atoms with Gasteiger partial charge in [0.05, 0.1) is 0 Å². The number of allylic oxidation sites excluding steroid dienone is 1. The summed E-state index contributed by atoms with van der Waals surface area (Å²) in [7, 11) is 0. The summed E-state index contributed by atoms with van der Waals surface area (Å²) in [6, 6.07) is 3.10. The molecule has 2 aliphatic rings. The Morgan fingerprint density at radius 1 is 1.50 bits per heavy atom. The summed E-state index contributed by atoms with van der Waals surface area (Å²) in [5, 5.41) is 0. The fourth-order valence-corrected chi connectivity index (χ4v) is 5.94. The van der Waals surface area contributed by atoms with Crippen molar-refractivity contribution in [3.8, 4) is 0 Å². The molecule has 22 heavy (non-hydrogen) atoms. The van der Waals surface area contributed by atoms with Crippen molar-refractivity contribution in [2.24, 2.45) is 5.92 Å². The van der Waals surface area contributed by atoms with Gasteiger partial charge < -0.3 is 0 Å². The number of nitrogens with zero attached hydrogens (tertiary/aromatic N) is 1. The Kier molecular flexibility index (Phi) is 4.86. The standard InChI is InChI=1S/C19H27NS2/c1-12(2)8-16-9-15-11-20-7-6-18(21-13(3)4)14(5)17(20)10-19(15)22-16/h9,12,17H,3,6-8,10-11H2,1-2,4-5H3/t17-/m0/s1. The summed E-state index contributed by atoms with van der Waals surface area (Å²) in [6.45, 7) is 15.5. The van der Waals surface area contributed by atoms with Crippen molar-refractivity contribution in [1.29, 1.82) is 0 Å². The predicted molar refractivity (Wildman–Crippen MR) is 100 cm³/mol. The van der Waals surface area contributed by atoms with Crippen LogP contribution in [-0.4, -0.2) is 17.5 Å². The molecule has 1 atom stereocenters. The topological polar surface area (TPSA) is 3.24 Å². The van der Waals surface area contributed by atoms with Crippen LogP contribution in [0, 0.1) is 5.92 Å². The summed E-state index contributed by atoms with van der Waals surface area (Å²) in [5.41, 5.74) is 3.18. The van der Waals surface area contributed by atoms with Crippen molar-refractivity contribution >= 4 is 23.1 Å². The van der Waals surface area contributed by atoms with E-state index in [0.29, 0.717) is 6.04 Å². The van der Waals surface area contributed by atoms with E-state index in [1.807, 2.05) is 11.8 Å². The van der Waals surface area contributed by atoms with Gasteiger partial charge >= 0.3 is 0 Å². The number of hydrogen-bond donors (Lipinski definition) is 0. The molecule has 0 aliphatic carbocycles.